The van der Waals surface area contributed by atoms with E-state index in [2.05, 4.69) is 0 Å². The second-order valence-electron chi connectivity index (χ2n) is 6.89. The van der Waals surface area contributed by atoms with E-state index >= 15 is 0 Å². The molecule has 0 aliphatic rings. The Balaban J connectivity index is 0.00000145. The van der Waals surface area contributed by atoms with Crippen molar-refractivity contribution in [1.82, 2.24) is 0 Å². The third-order valence-corrected chi connectivity index (χ3v) is 4.93. The first-order valence-electron chi connectivity index (χ1n) is 9.10. The summed E-state index contributed by atoms with van der Waals surface area (Å²) in [6.07, 6.45) is 0. The van der Waals surface area contributed by atoms with Gasteiger partial charge in [-0.05, 0) is 56.0 Å². The summed E-state index contributed by atoms with van der Waals surface area (Å²) in [6.45, 7) is 7.45. The third-order valence-electron chi connectivity index (χ3n) is 4.93. The van der Waals surface area contributed by atoms with Crippen molar-refractivity contribution in [2.45, 2.75) is 27.7 Å². The lowest BCUT2D eigenvalue weighted by atomic mass is 9.87. The first-order valence-corrected chi connectivity index (χ1v) is 9.57. The molecular formula is C24H24O4P+. The molecule has 0 bridgehead atoms. The topological polar surface area (TPSA) is 71.4 Å². The zero-order valence-corrected chi connectivity index (χ0v) is 18.1. The van der Waals surface area contributed by atoms with Crippen LogP contribution in [0.15, 0.2) is 54.6 Å². The lowest BCUT2D eigenvalue weighted by Gasteiger charge is -2.15. The number of hydrogen-bond donors (Lipinski definition) is 1. The van der Waals surface area contributed by atoms with Crippen LogP contribution in [0.5, 0.6) is 5.75 Å². The summed E-state index contributed by atoms with van der Waals surface area (Å²) < 4.78 is 8.17. The number of phenols is 1. The normalized spacial score (nSPS) is 10.1. The van der Waals surface area contributed by atoms with Gasteiger partial charge in [0.05, 0.1) is 5.56 Å². The lowest BCUT2D eigenvalue weighted by molar-refractivity contribution is 0.0999. The molecule has 29 heavy (non-hydrogen) atoms. The van der Waals surface area contributed by atoms with Gasteiger partial charge in [0.15, 0.2) is 11.6 Å². The second-order valence-corrected chi connectivity index (χ2v) is 6.89. The quantitative estimate of drug-likeness (QED) is 0.471. The van der Waals surface area contributed by atoms with Crippen molar-refractivity contribution in [2.75, 3.05) is 0 Å². The highest BCUT2D eigenvalue weighted by Gasteiger charge is 2.26. The van der Waals surface area contributed by atoms with Crippen molar-refractivity contribution in [3.05, 3.63) is 99.1 Å². The minimum atomic E-state index is -0.335. The number of carbonyl (C=O) groups excluding carboxylic acids is 2. The Labute approximate surface area is 172 Å². The molecule has 0 radical (unpaired) electrons. The van der Waals surface area contributed by atoms with Gasteiger partial charge in [-0.1, -0.05) is 53.1 Å². The van der Waals surface area contributed by atoms with Crippen LogP contribution in [0.1, 0.15) is 54.1 Å². The van der Waals surface area contributed by atoms with Crippen molar-refractivity contribution in [3.63, 3.8) is 0 Å². The molecule has 1 N–H and O–H groups in total. The number of carbonyl (C=O) groups is 2. The molecule has 3 rings (SSSR count). The van der Waals surface area contributed by atoms with E-state index in [9.17, 15) is 14.7 Å². The molecule has 5 heteroatoms. The average molecular weight is 407 g/mol. The van der Waals surface area contributed by atoms with Gasteiger partial charge < -0.3 is 5.11 Å². The number of hydrogen-bond acceptors (Lipinski definition) is 4. The fraction of sp³-hybridized carbons (Fsp3) is 0.167. The van der Waals surface area contributed by atoms with Gasteiger partial charge in [-0.2, -0.15) is 0 Å². The second kappa shape index (κ2) is 9.40. The molecule has 3 aromatic carbocycles. The van der Waals surface area contributed by atoms with Crippen LogP contribution in [0, 0.1) is 27.7 Å². The van der Waals surface area contributed by atoms with E-state index in [1.165, 1.54) is 15.2 Å². The molecule has 4 nitrogen and oxygen atoms in total. The maximum absolute atomic E-state index is 13.3. The van der Waals surface area contributed by atoms with Crippen LogP contribution in [0.2, 0.25) is 0 Å². The Morgan fingerprint density at radius 2 is 1.00 bits per heavy atom. The van der Waals surface area contributed by atoms with E-state index in [-0.39, 0.29) is 28.4 Å². The first-order chi connectivity index (χ1) is 13.8. The van der Waals surface area contributed by atoms with Crippen LogP contribution < -0.4 is 0 Å². The molecule has 0 fully saturated rings. The van der Waals surface area contributed by atoms with Crippen molar-refractivity contribution in [3.8, 4) is 5.75 Å². The van der Waals surface area contributed by atoms with Gasteiger partial charge in [0.2, 0.25) is 0 Å². The predicted octanol–water partition coefficient (Wildman–Crippen LogP) is 5.29. The molecule has 148 valence electrons. The molecule has 0 amide bonds. The molecule has 1 unspecified atom stereocenters. The largest absolute Gasteiger partial charge is 0.507 e. The lowest BCUT2D eigenvalue weighted by Crippen LogP contribution is -2.15. The number of aryl methyl sites for hydroxylation is 4. The molecule has 0 heterocycles. The van der Waals surface area contributed by atoms with E-state index < -0.39 is 0 Å². The van der Waals surface area contributed by atoms with Crippen molar-refractivity contribution in [1.29, 1.82) is 0 Å². The van der Waals surface area contributed by atoms with Crippen LogP contribution in [0.3, 0.4) is 0 Å². The van der Waals surface area contributed by atoms with Gasteiger partial charge in [0.25, 0.3) is 0 Å². The highest BCUT2D eigenvalue weighted by molar-refractivity contribution is 7.00. The van der Waals surface area contributed by atoms with E-state index in [0.29, 0.717) is 11.1 Å². The van der Waals surface area contributed by atoms with Crippen molar-refractivity contribution in [2.24, 2.45) is 0 Å². The minimum Gasteiger partial charge on any atom is -0.507 e. The van der Waals surface area contributed by atoms with Crippen LogP contribution >= 0.6 is 9.12 Å². The van der Waals surface area contributed by atoms with Crippen molar-refractivity contribution >= 4 is 20.7 Å². The molecule has 0 aliphatic heterocycles. The number of rotatable bonds is 4. The summed E-state index contributed by atoms with van der Waals surface area (Å²) in [5.41, 5.74) is 4.68. The minimum absolute atomic E-state index is 0.0579. The summed E-state index contributed by atoms with van der Waals surface area (Å²) in [4.78, 5) is 26.6. The van der Waals surface area contributed by atoms with Gasteiger partial charge in [-0.25, -0.2) is 0 Å². The van der Waals surface area contributed by atoms with Crippen LogP contribution in [0.4, 0.5) is 0 Å². The first kappa shape index (κ1) is 22.2. The number of aromatic hydroxyl groups is 1. The Morgan fingerprint density at radius 3 is 1.45 bits per heavy atom. The van der Waals surface area contributed by atoms with Crippen LogP contribution in [-0.2, 0) is 4.57 Å². The monoisotopic (exact) mass is 407 g/mol. The van der Waals surface area contributed by atoms with Crippen molar-refractivity contribution < 1.29 is 19.3 Å². The summed E-state index contributed by atoms with van der Waals surface area (Å²) in [7, 11) is 1.17. The number of phenolic OH excluding ortho intramolecular Hbond substituents is 1. The van der Waals surface area contributed by atoms with Gasteiger partial charge in [0, 0.05) is 16.7 Å². The summed E-state index contributed by atoms with van der Waals surface area (Å²) >= 11 is 0. The molecule has 0 saturated carbocycles. The number of benzene rings is 3. The third kappa shape index (κ3) is 4.33. The van der Waals surface area contributed by atoms with Gasteiger partial charge in [-0.3, -0.25) is 9.59 Å². The van der Waals surface area contributed by atoms with Crippen LogP contribution in [-0.4, -0.2) is 16.7 Å². The van der Waals surface area contributed by atoms with Gasteiger partial charge in [0.1, 0.15) is 5.75 Å². The maximum atomic E-state index is 13.3. The highest BCUT2D eigenvalue weighted by atomic mass is 31.0. The smallest absolute Gasteiger partial charge is 0.310 e. The fourth-order valence-electron chi connectivity index (χ4n) is 3.57. The molecule has 0 aliphatic carbocycles. The van der Waals surface area contributed by atoms with E-state index in [0.717, 1.165) is 22.3 Å². The Hall–Kier alpha value is -3.10. The molecule has 0 saturated heterocycles. The zero-order valence-electron chi connectivity index (χ0n) is 16.9. The van der Waals surface area contributed by atoms with E-state index in [1.807, 2.05) is 64.1 Å². The maximum Gasteiger partial charge on any atom is 0.310 e. The average Bonchev–Trinajstić information content (AvgIpc) is 2.68. The zero-order chi connectivity index (χ0) is 21.7. The van der Waals surface area contributed by atoms with Gasteiger partial charge >= 0.3 is 9.12 Å². The number of ketones is 2. The predicted molar refractivity (Wildman–Crippen MR) is 117 cm³/mol. The Bertz CT molecular complexity index is 1050. The fourth-order valence-corrected chi connectivity index (χ4v) is 3.57. The Kier molecular flexibility index (Phi) is 7.19. The molecule has 3 aromatic rings. The SMILES string of the molecule is Cc1cccc(C)c1C(=O)c1cccc(O)c1C(=O)c1c(C)cccc1C.O=[PH2+]. The van der Waals surface area contributed by atoms with Crippen LogP contribution in [0.25, 0.3) is 0 Å². The molecule has 1 atom stereocenters. The highest BCUT2D eigenvalue weighted by Crippen LogP contribution is 2.30. The molecule has 0 aromatic heterocycles. The van der Waals surface area contributed by atoms with E-state index in [4.69, 9.17) is 4.57 Å². The summed E-state index contributed by atoms with van der Waals surface area (Å²) in [6, 6.07) is 15.9. The summed E-state index contributed by atoms with van der Waals surface area (Å²) in [5, 5.41) is 10.5. The molecule has 0 spiro atoms. The summed E-state index contributed by atoms with van der Waals surface area (Å²) in [5.74, 6) is -0.769. The molecular weight excluding hydrogens is 383 g/mol. The van der Waals surface area contributed by atoms with E-state index in [1.54, 1.807) is 12.1 Å². The Morgan fingerprint density at radius 1 is 0.621 bits per heavy atom. The standard InChI is InChI=1S/C24H22O3.H2OP/c1-14-8-5-9-15(2)20(14)23(26)18-12-7-13-19(25)22(18)24(27)21-16(3)10-6-11-17(21)4;1-2/h5-13,25H,1-4H3;2H2/q;+1. The van der Waals surface area contributed by atoms with Gasteiger partial charge in [-0.15, -0.1) is 0 Å².